The molecule has 0 bridgehead atoms. The number of aromatic carboxylic acids is 1. The quantitative estimate of drug-likeness (QED) is 0.728. The number of ether oxygens (including phenoxy) is 1. The number of carboxylic acid groups (broad SMARTS) is 1. The Morgan fingerprint density at radius 3 is 2.71 bits per heavy atom. The zero-order valence-electron chi connectivity index (χ0n) is 13.3. The van der Waals surface area contributed by atoms with Gasteiger partial charge in [0.15, 0.2) is 0 Å². The van der Waals surface area contributed by atoms with E-state index in [-0.39, 0.29) is 5.56 Å². The standard InChI is InChI=1S/C19H16ClNO3/c1-3-24-17-7-5-4-6-13(17)16-10-14(19(22)23)12-8-9-15(20)11(2)18(12)21-16/h4-10H,3H2,1-2H3,(H,22,23). The molecule has 3 rings (SSSR count). The van der Waals surface area contributed by atoms with Crippen molar-refractivity contribution in [3.05, 3.63) is 58.6 Å². The summed E-state index contributed by atoms with van der Waals surface area (Å²) < 4.78 is 5.64. The molecule has 0 amide bonds. The first-order chi connectivity index (χ1) is 11.5. The van der Waals surface area contributed by atoms with Crippen LogP contribution in [0.5, 0.6) is 5.75 Å². The number of aromatic nitrogens is 1. The summed E-state index contributed by atoms with van der Waals surface area (Å²) in [5, 5.41) is 10.7. The van der Waals surface area contributed by atoms with Gasteiger partial charge in [0.2, 0.25) is 0 Å². The molecule has 0 aliphatic carbocycles. The summed E-state index contributed by atoms with van der Waals surface area (Å²) in [7, 11) is 0. The number of hydrogen-bond donors (Lipinski definition) is 1. The van der Waals surface area contributed by atoms with E-state index in [4.69, 9.17) is 16.3 Å². The second kappa shape index (κ2) is 6.49. The molecule has 1 heterocycles. The molecule has 0 aliphatic heterocycles. The van der Waals surface area contributed by atoms with Crippen LogP contribution in [0.2, 0.25) is 5.02 Å². The van der Waals surface area contributed by atoms with Gasteiger partial charge < -0.3 is 9.84 Å². The fraction of sp³-hybridized carbons (Fsp3) is 0.158. The topological polar surface area (TPSA) is 59.4 Å². The maximum atomic E-state index is 11.7. The number of rotatable bonds is 4. The van der Waals surface area contributed by atoms with Crippen LogP contribution in [-0.4, -0.2) is 22.7 Å². The maximum Gasteiger partial charge on any atom is 0.336 e. The van der Waals surface area contributed by atoms with E-state index in [0.29, 0.717) is 34.0 Å². The molecule has 24 heavy (non-hydrogen) atoms. The summed E-state index contributed by atoms with van der Waals surface area (Å²) in [4.78, 5) is 16.4. The molecule has 0 fully saturated rings. The second-order valence-corrected chi connectivity index (χ2v) is 5.77. The maximum absolute atomic E-state index is 11.7. The van der Waals surface area contributed by atoms with E-state index in [1.54, 1.807) is 18.2 Å². The number of halogens is 1. The molecule has 0 atom stereocenters. The number of pyridine rings is 1. The van der Waals surface area contributed by atoms with Gasteiger partial charge in [-0.25, -0.2) is 9.78 Å². The lowest BCUT2D eigenvalue weighted by molar-refractivity contribution is 0.0699. The molecule has 5 heteroatoms. The van der Waals surface area contributed by atoms with Gasteiger partial charge in [0, 0.05) is 16.0 Å². The van der Waals surface area contributed by atoms with Crippen LogP contribution in [0.3, 0.4) is 0 Å². The first-order valence-corrected chi connectivity index (χ1v) is 7.96. The summed E-state index contributed by atoms with van der Waals surface area (Å²) >= 11 is 6.19. The summed E-state index contributed by atoms with van der Waals surface area (Å²) in [5.41, 5.74) is 2.84. The molecule has 4 nitrogen and oxygen atoms in total. The first kappa shape index (κ1) is 16.3. The third-order valence-electron chi connectivity index (χ3n) is 3.86. The minimum absolute atomic E-state index is 0.195. The predicted octanol–water partition coefficient (Wildman–Crippen LogP) is 4.96. The van der Waals surface area contributed by atoms with E-state index < -0.39 is 5.97 Å². The molecule has 0 radical (unpaired) electrons. The molecular formula is C19H16ClNO3. The van der Waals surface area contributed by atoms with Crippen molar-refractivity contribution < 1.29 is 14.6 Å². The van der Waals surface area contributed by atoms with E-state index in [0.717, 1.165) is 11.1 Å². The Bertz CT molecular complexity index is 937. The van der Waals surface area contributed by atoms with E-state index >= 15 is 0 Å². The van der Waals surface area contributed by atoms with Crippen molar-refractivity contribution >= 4 is 28.5 Å². The van der Waals surface area contributed by atoms with Crippen molar-refractivity contribution in [3.8, 4) is 17.0 Å². The van der Waals surface area contributed by atoms with Gasteiger partial charge in [-0.05, 0) is 43.7 Å². The molecule has 0 spiro atoms. The highest BCUT2D eigenvalue weighted by Gasteiger charge is 2.17. The van der Waals surface area contributed by atoms with Gasteiger partial charge in [-0.15, -0.1) is 0 Å². The van der Waals surface area contributed by atoms with Crippen LogP contribution in [0, 0.1) is 6.92 Å². The lowest BCUT2D eigenvalue weighted by atomic mass is 10.0. The number of benzene rings is 2. The number of para-hydroxylation sites is 1. The monoisotopic (exact) mass is 341 g/mol. The fourth-order valence-electron chi connectivity index (χ4n) is 2.68. The van der Waals surface area contributed by atoms with Crippen LogP contribution in [0.15, 0.2) is 42.5 Å². The zero-order chi connectivity index (χ0) is 17.3. The van der Waals surface area contributed by atoms with Crippen LogP contribution in [0.4, 0.5) is 0 Å². The Kier molecular flexibility index (Phi) is 4.40. The van der Waals surface area contributed by atoms with Gasteiger partial charge in [0.25, 0.3) is 0 Å². The SMILES string of the molecule is CCOc1ccccc1-c1cc(C(=O)O)c2ccc(Cl)c(C)c2n1. The highest BCUT2D eigenvalue weighted by molar-refractivity contribution is 6.32. The van der Waals surface area contributed by atoms with Crippen molar-refractivity contribution in [2.45, 2.75) is 13.8 Å². The summed E-state index contributed by atoms with van der Waals surface area (Å²) in [5.74, 6) is -0.331. The Morgan fingerprint density at radius 1 is 1.25 bits per heavy atom. The molecule has 0 saturated carbocycles. The smallest absolute Gasteiger partial charge is 0.336 e. The van der Waals surface area contributed by atoms with E-state index in [2.05, 4.69) is 4.98 Å². The van der Waals surface area contributed by atoms with Gasteiger partial charge in [-0.2, -0.15) is 0 Å². The Morgan fingerprint density at radius 2 is 2.00 bits per heavy atom. The van der Waals surface area contributed by atoms with Gasteiger partial charge in [0.05, 0.1) is 23.4 Å². The van der Waals surface area contributed by atoms with Crippen molar-refractivity contribution in [1.29, 1.82) is 0 Å². The number of nitrogens with zero attached hydrogens (tertiary/aromatic N) is 1. The molecule has 0 aliphatic rings. The predicted molar refractivity (Wildman–Crippen MR) is 95.1 cm³/mol. The average molecular weight is 342 g/mol. The average Bonchev–Trinajstić information content (AvgIpc) is 2.58. The van der Waals surface area contributed by atoms with Crippen molar-refractivity contribution in [2.75, 3.05) is 6.61 Å². The van der Waals surface area contributed by atoms with E-state index in [1.165, 1.54) is 0 Å². The van der Waals surface area contributed by atoms with Crippen LogP contribution in [0.1, 0.15) is 22.8 Å². The van der Waals surface area contributed by atoms with Gasteiger partial charge >= 0.3 is 5.97 Å². The van der Waals surface area contributed by atoms with Gasteiger partial charge in [0.1, 0.15) is 5.75 Å². The lowest BCUT2D eigenvalue weighted by Crippen LogP contribution is -2.02. The van der Waals surface area contributed by atoms with E-state index in [1.807, 2.05) is 38.1 Å². The molecule has 0 saturated heterocycles. The molecule has 2 aromatic carbocycles. The minimum Gasteiger partial charge on any atom is -0.493 e. The molecule has 1 aromatic heterocycles. The fourth-order valence-corrected chi connectivity index (χ4v) is 2.83. The molecule has 122 valence electrons. The molecule has 3 aromatic rings. The van der Waals surface area contributed by atoms with Crippen LogP contribution in [0.25, 0.3) is 22.2 Å². The highest BCUT2D eigenvalue weighted by atomic mass is 35.5. The lowest BCUT2D eigenvalue weighted by Gasteiger charge is -2.13. The number of aryl methyl sites for hydroxylation is 1. The van der Waals surface area contributed by atoms with Gasteiger partial charge in [-0.1, -0.05) is 29.8 Å². The molecule has 0 unspecified atom stereocenters. The van der Waals surface area contributed by atoms with Crippen LogP contribution < -0.4 is 4.74 Å². The number of carbonyl (C=O) groups is 1. The van der Waals surface area contributed by atoms with E-state index in [9.17, 15) is 9.90 Å². The number of hydrogen-bond acceptors (Lipinski definition) is 3. The van der Waals surface area contributed by atoms with Gasteiger partial charge in [-0.3, -0.25) is 0 Å². The minimum atomic E-state index is -1.00. The van der Waals surface area contributed by atoms with Crippen LogP contribution >= 0.6 is 11.6 Å². The third-order valence-corrected chi connectivity index (χ3v) is 4.27. The number of carboxylic acids is 1. The van der Waals surface area contributed by atoms with Crippen molar-refractivity contribution in [1.82, 2.24) is 4.98 Å². The molecule has 1 N–H and O–H groups in total. The number of fused-ring (bicyclic) bond motifs is 1. The van der Waals surface area contributed by atoms with Crippen LogP contribution in [-0.2, 0) is 0 Å². The third kappa shape index (κ3) is 2.81. The Balaban J connectivity index is 2.34. The highest BCUT2D eigenvalue weighted by Crippen LogP contribution is 2.33. The first-order valence-electron chi connectivity index (χ1n) is 7.58. The summed E-state index contributed by atoms with van der Waals surface area (Å²) in [6.07, 6.45) is 0. The summed E-state index contributed by atoms with van der Waals surface area (Å²) in [6.45, 7) is 4.25. The second-order valence-electron chi connectivity index (χ2n) is 5.36. The molecular weight excluding hydrogens is 326 g/mol. The normalized spacial score (nSPS) is 10.8. The van der Waals surface area contributed by atoms with Crippen molar-refractivity contribution in [2.24, 2.45) is 0 Å². The summed E-state index contributed by atoms with van der Waals surface area (Å²) in [6, 6.07) is 12.4. The largest absolute Gasteiger partial charge is 0.493 e. The Hall–Kier alpha value is -2.59. The van der Waals surface area contributed by atoms with Crippen molar-refractivity contribution in [3.63, 3.8) is 0 Å². The Labute approximate surface area is 144 Å². The zero-order valence-corrected chi connectivity index (χ0v) is 14.1.